The van der Waals surface area contributed by atoms with Crippen molar-refractivity contribution in [3.05, 3.63) is 138 Å². The van der Waals surface area contributed by atoms with E-state index < -0.39 is 34.6 Å². The van der Waals surface area contributed by atoms with Crippen LogP contribution in [0.5, 0.6) is 0 Å². The first kappa shape index (κ1) is 26.0. The zero-order valence-corrected chi connectivity index (χ0v) is 22.5. The van der Waals surface area contributed by atoms with Gasteiger partial charge in [-0.15, -0.1) is 11.3 Å². The molecule has 1 nitrogen and oxygen atoms in total. The van der Waals surface area contributed by atoms with E-state index in [1.165, 1.54) is 12.1 Å². The summed E-state index contributed by atoms with van der Waals surface area (Å²) >= 11 is 1.67. The van der Waals surface area contributed by atoms with Gasteiger partial charge in [0, 0.05) is 5.56 Å². The quantitative estimate of drug-likeness (QED) is 0.115. The maximum Gasteiger partial charge on any atom is 0.200 e. The van der Waals surface area contributed by atoms with E-state index in [2.05, 4.69) is 36.4 Å². The molecular weight excluding hydrogens is 561 g/mol. The minimum atomic E-state index is -2.17. The highest BCUT2D eigenvalue weighted by molar-refractivity contribution is 7.21. The average Bonchev–Trinajstić information content (AvgIpc) is 3.47. The highest BCUT2D eigenvalue weighted by Crippen LogP contribution is 2.35. The highest BCUT2D eigenvalue weighted by Gasteiger charge is 2.26. The second-order valence-corrected chi connectivity index (χ2v) is 10.9. The monoisotopic (exact) mass is 579 g/mol. The van der Waals surface area contributed by atoms with Crippen LogP contribution in [0.1, 0.15) is 0 Å². The fourth-order valence-electron chi connectivity index (χ4n) is 5.09. The van der Waals surface area contributed by atoms with Gasteiger partial charge in [-0.3, -0.25) is 0 Å². The summed E-state index contributed by atoms with van der Waals surface area (Å²) in [5.74, 6) is -9.82. The molecule has 1 heterocycles. The van der Waals surface area contributed by atoms with Crippen LogP contribution in [-0.2, 0) is 0 Å². The predicted molar refractivity (Wildman–Crippen MR) is 159 cm³/mol. The number of nitrogens with zero attached hydrogens (tertiary/aromatic N) is 1. The molecule has 0 atom stereocenters. The first-order valence-corrected chi connectivity index (χ1v) is 13.8. The molecule has 0 saturated heterocycles. The second kappa shape index (κ2) is 10.2. The van der Waals surface area contributed by atoms with E-state index in [9.17, 15) is 22.0 Å². The van der Waals surface area contributed by atoms with Crippen LogP contribution in [0.4, 0.5) is 22.0 Å². The third-order valence-corrected chi connectivity index (χ3v) is 8.40. The smallest absolute Gasteiger partial charge is 0.200 e. The Kier molecular flexibility index (Phi) is 6.32. The Morgan fingerprint density at radius 3 is 1.43 bits per heavy atom. The molecule has 0 radical (unpaired) electrons. The fourth-order valence-corrected chi connectivity index (χ4v) is 6.06. The standard InChI is InChI=1S/C35H18F5NS/c36-30-29(31(37)33(39)34(40)32(30)38)21-9-5-19(6-10-21)23-13-15-26-18-24(14-16-25(26)17-23)20-7-11-22(12-8-20)35-41-27-3-1-2-4-28(27)42-35/h1-18H. The Hall–Kier alpha value is -4.88. The number of thiazole rings is 1. The van der Waals surface area contributed by atoms with Gasteiger partial charge in [-0.2, -0.15) is 0 Å². The van der Waals surface area contributed by atoms with E-state index in [0.717, 1.165) is 53.8 Å². The van der Waals surface area contributed by atoms with Crippen LogP contribution in [0.3, 0.4) is 0 Å². The lowest BCUT2D eigenvalue weighted by Gasteiger charge is -2.10. The largest absolute Gasteiger partial charge is 0.236 e. The summed E-state index contributed by atoms with van der Waals surface area (Å²) in [5.41, 5.74) is 4.74. The average molecular weight is 580 g/mol. The number of hydrogen-bond donors (Lipinski definition) is 0. The van der Waals surface area contributed by atoms with Crippen molar-refractivity contribution < 1.29 is 22.0 Å². The van der Waals surface area contributed by atoms with Gasteiger partial charge in [-0.1, -0.05) is 84.9 Å². The number of aromatic nitrogens is 1. The molecule has 1 aromatic heterocycles. The van der Waals surface area contributed by atoms with E-state index in [1.54, 1.807) is 23.5 Å². The van der Waals surface area contributed by atoms with Gasteiger partial charge in [0.05, 0.1) is 15.8 Å². The maximum atomic E-state index is 14.3. The SMILES string of the molecule is Fc1c(F)c(F)c(-c2ccc(-c3ccc4cc(-c5ccc(-c6nc7ccccc7s6)cc5)ccc4c3)cc2)c(F)c1F. The minimum Gasteiger partial charge on any atom is -0.236 e. The van der Waals surface area contributed by atoms with Crippen molar-refractivity contribution in [2.24, 2.45) is 0 Å². The van der Waals surface area contributed by atoms with Crippen molar-refractivity contribution in [3.63, 3.8) is 0 Å². The van der Waals surface area contributed by atoms with Crippen molar-refractivity contribution in [1.82, 2.24) is 4.98 Å². The summed E-state index contributed by atoms with van der Waals surface area (Å²) in [4.78, 5) is 4.74. The van der Waals surface area contributed by atoms with Crippen molar-refractivity contribution >= 4 is 32.3 Å². The molecule has 42 heavy (non-hydrogen) atoms. The summed E-state index contributed by atoms with van der Waals surface area (Å²) in [6, 6.07) is 34.4. The van der Waals surface area contributed by atoms with E-state index >= 15 is 0 Å². The number of para-hydroxylation sites is 1. The lowest BCUT2D eigenvalue weighted by Crippen LogP contribution is -2.03. The molecule has 0 unspecified atom stereocenters. The molecule has 0 saturated carbocycles. The molecule has 0 spiro atoms. The lowest BCUT2D eigenvalue weighted by molar-refractivity contribution is 0.381. The molecule has 0 N–H and O–H groups in total. The third kappa shape index (κ3) is 4.43. The Balaban J connectivity index is 1.15. The normalized spacial score (nSPS) is 11.5. The molecular formula is C35H18F5NS. The van der Waals surface area contributed by atoms with Gasteiger partial charge < -0.3 is 0 Å². The van der Waals surface area contributed by atoms with E-state index in [1.807, 2.05) is 48.5 Å². The Bertz CT molecular complexity index is 2070. The summed E-state index contributed by atoms with van der Waals surface area (Å²) < 4.78 is 70.5. The molecule has 0 amide bonds. The second-order valence-electron chi connectivity index (χ2n) is 9.86. The van der Waals surface area contributed by atoms with Gasteiger partial charge in [-0.05, 0) is 62.9 Å². The van der Waals surface area contributed by atoms with Crippen LogP contribution < -0.4 is 0 Å². The molecule has 7 heteroatoms. The van der Waals surface area contributed by atoms with Crippen LogP contribution in [0, 0.1) is 29.1 Å². The first-order chi connectivity index (χ1) is 20.4. The Morgan fingerprint density at radius 1 is 0.429 bits per heavy atom. The number of halogens is 5. The fraction of sp³-hybridized carbons (Fsp3) is 0. The minimum absolute atomic E-state index is 0.105. The van der Waals surface area contributed by atoms with Gasteiger partial charge in [0.2, 0.25) is 5.82 Å². The number of hydrogen-bond acceptors (Lipinski definition) is 2. The molecule has 0 aliphatic carbocycles. The lowest BCUT2D eigenvalue weighted by atomic mass is 9.96. The van der Waals surface area contributed by atoms with Gasteiger partial charge in [0.1, 0.15) is 5.01 Å². The van der Waals surface area contributed by atoms with Crippen LogP contribution in [0.15, 0.2) is 109 Å². The summed E-state index contributed by atoms with van der Waals surface area (Å²) in [5, 5.41) is 3.00. The van der Waals surface area contributed by atoms with Gasteiger partial charge in [0.25, 0.3) is 0 Å². The van der Waals surface area contributed by atoms with E-state index in [4.69, 9.17) is 4.98 Å². The maximum absolute atomic E-state index is 14.3. The highest BCUT2D eigenvalue weighted by atomic mass is 32.1. The zero-order valence-electron chi connectivity index (χ0n) is 21.6. The summed E-state index contributed by atoms with van der Waals surface area (Å²) in [7, 11) is 0. The van der Waals surface area contributed by atoms with Gasteiger partial charge in [0.15, 0.2) is 23.3 Å². The zero-order chi connectivity index (χ0) is 29.0. The molecule has 7 rings (SSSR count). The number of benzene rings is 6. The van der Waals surface area contributed by atoms with Crippen molar-refractivity contribution in [3.8, 4) is 44.0 Å². The summed E-state index contributed by atoms with van der Waals surface area (Å²) in [6.07, 6.45) is 0. The van der Waals surface area contributed by atoms with Crippen molar-refractivity contribution in [2.75, 3.05) is 0 Å². The van der Waals surface area contributed by atoms with E-state index in [0.29, 0.717) is 0 Å². The van der Waals surface area contributed by atoms with Crippen molar-refractivity contribution in [2.45, 2.75) is 0 Å². The molecule has 6 aromatic carbocycles. The summed E-state index contributed by atoms with van der Waals surface area (Å²) in [6.45, 7) is 0. The predicted octanol–water partition coefficient (Wildman–Crippen LogP) is 10.8. The Morgan fingerprint density at radius 2 is 0.881 bits per heavy atom. The van der Waals surface area contributed by atoms with E-state index in [-0.39, 0.29) is 5.56 Å². The molecule has 204 valence electrons. The molecule has 0 fully saturated rings. The Labute approximate surface area is 241 Å². The third-order valence-electron chi connectivity index (χ3n) is 7.32. The van der Waals surface area contributed by atoms with Crippen LogP contribution in [-0.4, -0.2) is 4.98 Å². The molecule has 0 aliphatic heterocycles. The molecule has 7 aromatic rings. The molecule has 0 aliphatic rings. The van der Waals surface area contributed by atoms with Crippen molar-refractivity contribution in [1.29, 1.82) is 0 Å². The number of rotatable bonds is 4. The van der Waals surface area contributed by atoms with Gasteiger partial charge in [-0.25, -0.2) is 26.9 Å². The number of fused-ring (bicyclic) bond motifs is 2. The van der Waals surface area contributed by atoms with Gasteiger partial charge >= 0.3 is 0 Å². The molecule has 0 bridgehead atoms. The first-order valence-electron chi connectivity index (χ1n) is 13.0. The van der Waals surface area contributed by atoms with Crippen LogP contribution >= 0.6 is 11.3 Å². The van der Waals surface area contributed by atoms with Crippen LogP contribution in [0.25, 0.3) is 64.9 Å². The topological polar surface area (TPSA) is 12.9 Å². The van der Waals surface area contributed by atoms with Crippen LogP contribution in [0.2, 0.25) is 0 Å².